The van der Waals surface area contributed by atoms with Crippen LogP contribution in [0.4, 0.5) is 14.5 Å². The van der Waals surface area contributed by atoms with Crippen LogP contribution in [-0.4, -0.2) is 32.7 Å². The van der Waals surface area contributed by atoms with Crippen LogP contribution in [0.15, 0.2) is 27.9 Å². The first-order valence-corrected chi connectivity index (χ1v) is 8.65. The minimum atomic E-state index is -2.36. The molecular formula is C12H8F2N4OS3. The zero-order valence-electron chi connectivity index (χ0n) is 10.8. The van der Waals surface area contributed by atoms with E-state index >= 15 is 0 Å². The van der Waals surface area contributed by atoms with E-state index in [0.29, 0.717) is 10.0 Å². The summed E-state index contributed by atoms with van der Waals surface area (Å²) in [5, 5.41) is 7.96. The number of anilines is 1. The SMILES string of the molecule is O=C(Nc1ccc2nc(SCC(F)F)sc2c1)c1csnn1. The molecule has 0 saturated carbocycles. The molecule has 0 bridgehead atoms. The number of carbonyl (C=O) groups is 1. The number of carbonyl (C=O) groups excluding carboxylic acids is 1. The zero-order valence-corrected chi connectivity index (χ0v) is 13.3. The summed E-state index contributed by atoms with van der Waals surface area (Å²) in [6, 6.07) is 5.21. The summed E-state index contributed by atoms with van der Waals surface area (Å²) >= 11 is 3.44. The molecule has 3 rings (SSSR count). The predicted molar refractivity (Wildman–Crippen MR) is 84.2 cm³/mol. The van der Waals surface area contributed by atoms with Gasteiger partial charge in [0.1, 0.15) is 0 Å². The lowest BCUT2D eigenvalue weighted by Gasteiger charge is -2.01. The number of hydrogen-bond donors (Lipinski definition) is 1. The molecule has 10 heteroatoms. The number of nitrogens with zero attached hydrogens (tertiary/aromatic N) is 3. The van der Waals surface area contributed by atoms with E-state index in [-0.39, 0.29) is 17.4 Å². The van der Waals surface area contributed by atoms with E-state index in [9.17, 15) is 13.6 Å². The van der Waals surface area contributed by atoms with Crippen LogP contribution < -0.4 is 5.32 Å². The van der Waals surface area contributed by atoms with Crippen LogP contribution in [0.5, 0.6) is 0 Å². The molecular weight excluding hydrogens is 350 g/mol. The molecule has 114 valence electrons. The molecule has 1 N–H and O–H groups in total. The largest absolute Gasteiger partial charge is 0.321 e. The zero-order chi connectivity index (χ0) is 15.5. The second-order valence-electron chi connectivity index (χ2n) is 4.11. The Labute approximate surface area is 135 Å². The summed E-state index contributed by atoms with van der Waals surface area (Å²) in [7, 11) is 0. The molecule has 22 heavy (non-hydrogen) atoms. The Morgan fingerprint density at radius 3 is 3.00 bits per heavy atom. The van der Waals surface area contributed by atoms with E-state index in [1.165, 1.54) is 11.3 Å². The van der Waals surface area contributed by atoms with Gasteiger partial charge in [-0.1, -0.05) is 16.3 Å². The molecule has 0 spiro atoms. The Kier molecular flexibility index (Phi) is 4.60. The maximum Gasteiger partial charge on any atom is 0.277 e. The molecule has 0 saturated heterocycles. The van der Waals surface area contributed by atoms with Gasteiger partial charge in [-0.25, -0.2) is 13.8 Å². The predicted octanol–water partition coefficient (Wildman–Crippen LogP) is 3.76. The van der Waals surface area contributed by atoms with Crippen molar-refractivity contribution in [3.8, 4) is 0 Å². The molecule has 1 amide bonds. The quantitative estimate of drug-likeness (QED) is 0.704. The van der Waals surface area contributed by atoms with Gasteiger partial charge in [0.05, 0.1) is 16.0 Å². The van der Waals surface area contributed by atoms with Crippen molar-refractivity contribution < 1.29 is 13.6 Å². The first-order valence-electron chi connectivity index (χ1n) is 6.02. The fraction of sp³-hybridized carbons (Fsp3) is 0.167. The second kappa shape index (κ2) is 6.63. The van der Waals surface area contributed by atoms with Crippen molar-refractivity contribution in [2.75, 3.05) is 11.1 Å². The number of amides is 1. The molecule has 0 aliphatic carbocycles. The van der Waals surface area contributed by atoms with Gasteiger partial charge in [0.25, 0.3) is 5.91 Å². The number of thiazole rings is 1. The third-order valence-corrected chi connectivity index (χ3v) is 5.23. The van der Waals surface area contributed by atoms with Crippen molar-refractivity contribution in [1.29, 1.82) is 0 Å². The van der Waals surface area contributed by atoms with Crippen LogP contribution in [0.2, 0.25) is 0 Å². The first-order chi connectivity index (χ1) is 10.6. The molecule has 0 unspecified atom stereocenters. The standard InChI is InChI=1S/C12H8F2N4OS3/c13-10(14)5-20-12-16-7-2-1-6(3-9(7)22-12)15-11(19)8-4-21-18-17-8/h1-4,10H,5H2,(H,15,19). The molecule has 0 aliphatic heterocycles. The molecule has 3 aromatic rings. The average molecular weight is 358 g/mol. The van der Waals surface area contributed by atoms with Gasteiger partial charge in [0, 0.05) is 11.1 Å². The van der Waals surface area contributed by atoms with Crippen LogP contribution in [0.3, 0.4) is 0 Å². The highest BCUT2D eigenvalue weighted by Gasteiger charge is 2.12. The Bertz CT molecular complexity index is 791. The van der Waals surface area contributed by atoms with Crippen molar-refractivity contribution in [1.82, 2.24) is 14.6 Å². The fourth-order valence-electron chi connectivity index (χ4n) is 1.64. The van der Waals surface area contributed by atoms with E-state index in [0.717, 1.165) is 33.5 Å². The number of aromatic nitrogens is 3. The number of thioether (sulfide) groups is 1. The maximum absolute atomic E-state index is 12.2. The highest BCUT2D eigenvalue weighted by Crippen LogP contribution is 2.32. The minimum absolute atomic E-state index is 0.252. The van der Waals surface area contributed by atoms with Gasteiger partial charge in [-0.15, -0.1) is 16.4 Å². The van der Waals surface area contributed by atoms with Crippen LogP contribution in [0.1, 0.15) is 10.5 Å². The highest BCUT2D eigenvalue weighted by atomic mass is 32.2. The van der Waals surface area contributed by atoms with Crippen LogP contribution in [-0.2, 0) is 0 Å². The van der Waals surface area contributed by atoms with Crippen molar-refractivity contribution in [2.45, 2.75) is 10.8 Å². The highest BCUT2D eigenvalue weighted by molar-refractivity contribution is 8.01. The third kappa shape index (κ3) is 3.57. The van der Waals surface area contributed by atoms with Crippen molar-refractivity contribution in [3.05, 3.63) is 29.3 Å². The molecule has 1 aromatic carbocycles. The van der Waals surface area contributed by atoms with Gasteiger partial charge in [-0.05, 0) is 29.7 Å². The minimum Gasteiger partial charge on any atom is -0.321 e. The summed E-state index contributed by atoms with van der Waals surface area (Å²) < 4.78 is 29.5. The smallest absolute Gasteiger partial charge is 0.277 e. The van der Waals surface area contributed by atoms with Gasteiger partial charge >= 0.3 is 0 Å². The van der Waals surface area contributed by atoms with E-state index in [1.54, 1.807) is 23.6 Å². The van der Waals surface area contributed by atoms with Gasteiger partial charge in [-0.2, -0.15) is 0 Å². The summed E-state index contributed by atoms with van der Waals surface area (Å²) in [4.78, 5) is 16.2. The topological polar surface area (TPSA) is 67.8 Å². The van der Waals surface area contributed by atoms with E-state index < -0.39 is 6.43 Å². The molecule has 0 aliphatic rings. The molecule has 0 atom stereocenters. The summed E-state index contributed by atoms with van der Waals surface area (Å²) in [5.74, 6) is -0.620. The number of nitrogens with one attached hydrogen (secondary N) is 1. The molecule has 2 heterocycles. The summed E-state index contributed by atoms with van der Waals surface area (Å²) in [5.41, 5.74) is 1.57. The van der Waals surface area contributed by atoms with Gasteiger partial charge in [0.2, 0.25) is 6.43 Å². The summed E-state index contributed by atoms with van der Waals surface area (Å²) in [6.07, 6.45) is -2.36. The van der Waals surface area contributed by atoms with Gasteiger partial charge in [-0.3, -0.25) is 4.79 Å². The molecule has 0 radical (unpaired) electrons. The Hall–Kier alpha value is -1.65. The lowest BCUT2D eigenvalue weighted by molar-refractivity contribution is 0.102. The van der Waals surface area contributed by atoms with Crippen LogP contribution >= 0.6 is 34.6 Å². The first kappa shape index (κ1) is 15.3. The van der Waals surface area contributed by atoms with E-state index in [2.05, 4.69) is 19.9 Å². The number of fused-ring (bicyclic) bond motifs is 1. The van der Waals surface area contributed by atoms with Gasteiger partial charge < -0.3 is 5.32 Å². The van der Waals surface area contributed by atoms with E-state index in [1.807, 2.05) is 0 Å². The average Bonchev–Trinajstić information content (AvgIpc) is 3.13. The number of rotatable bonds is 5. The van der Waals surface area contributed by atoms with Gasteiger partial charge in [0.15, 0.2) is 10.0 Å². The Morgan fingerprint density at radius 1 is 1.41 bits per heavy atom. The van der Waals surface area contributed by atoms with Crippen LogP contribution in [0, 0.1) is 0 Å². The molecule has 5 nitrogen and oxygen atoms in total. The Morgan fingerprint density at radius 2 is 2.27 bits per heavy atom. The number of alkyl halides is 2. The third-order valence-electron chi connectivity index (χ3n) is 2.55. The number of halogens is 2. The fourth-order valence-corrected chi connectivity index (χ4v) is 3.95. The van der Waals surface area contributed by atoms with Crippen molar-refractivity contribution in [2.24, 2.45) is 0 Å². The lowest BCUT2D eigenvalue weighted by atomic mass is 10.3. The molecule has 2 aromatic heterocycles. The van der Waals surface area contributed by atoms with Crippen LogP contribution in [0.25, 0.3) is 10.2 Å². The van der Waals surface area contributed by atoms with Crippen molar-refractivity contribution in [3.63, 3.8) is 0 Å². The Balaban J connectivity index is 1.76. The monoisotopic (exact) mass is 358 g/mol. The number of hydrogen-bond acceptors (Lipinski definition) is 7. The normalized spacial score (nSPS) is 11.2. The van der Waals surface area contributed by atoms with E-state index in [4.69, 9.17) is 0 Å². The number of benzene rings is 1. The summed E-state index contributed by atoms with van der Waals surface area (Å²) in [6.45, 7) is 0. The molecule has 0 fully saturated rings. The lowest BCUT2D eigenvalue weighted by Crippen LogP contribution is -2.12. The van der Waals surface area contributed by atoms with Crippen molar-refractivity contribution >= 4 is 56.4 Å². The second-order valence-corrected chi connectivity index (χ2v) is 7.02. The maximum atomic E-state index is 12.2.